The smallest absolute Gasteiger partial charge is 0.226 e. The summed E-state index contributed by atoms with van der Waals surface area (Å²) in [4.78, 5) is 4.18. The van der Waals surface area contributed by atoms with Crippen molar-refractivity contribution in [3.05, 3.63) is 40.0 Å². The number of rotatable bonds is 5. The molecule has 2 N–H and O–H groups in total. The SMILES string of the molecule is CCc1nc(COc2c(Br)cccc2CN)no1. The molecule has 1 aromatic carbocycles. The van der Waals surface area contributed by atoms with Gasteiger partial charge in [0.1, 0.15) is 5.75 Å². The Hall–Kier alpha value is -1.40. The van der Waals surface area contributed by atoms with Crippen LogP contribution in [0.4, 0.5) is 0 Å². The van der Waals surface area contributed by atoms with Gasteiger partial charge in [0, 0.05) is 18.5 Å². The topological polar surface area (TPSA) is 74.2 Å². The predicted molar refractivity (Wildman–Crippen MR) is 70.0 cm³/mol. The zero-order chi connectivity index (χ0) is 13.0. The Labute approximate surface area is 113 Å². The summed E-state index contributed by atoms with van der Waals surface area (Å²) in [6.07, 6.45) is 0.718. The second kappa shape index (κ2) is 5.97. The number of para-hydroxylation sites is 1. The minimum absolute atomic E-state index is 0.263. The lowest BCUT2D eigenvalue weighted by Gasteiger charge is -2.10. The lowest BCUT2D eigenvalue weighted by Crippen LogP contribution is -2.04. The van der Waals surface area contributed by atoms with Crippen LogP contribution in [0.25, 0.3) is 0 Å². The van der Waals surface area contributed by atoms with E-state index in [-0.39, 0.29) is 6.61 Å². The first kappa shape index (κ1) is 13.0. The summed E-state index contributed by atoms with van der Waals surface area (Å²) in [7, 11) is 0. The number of nitrogens with two attached hydrogens (primary N) is 1. The molecule has 0 fully saturated rings. The van der Waals surface area contributed by atoms with Gasteiger partial charge in [0.2, 0.25) is 11.7 Å². The quantitative estimate of drug-likeness (QED) is 0.918. The second-order valence-corrected chi connectivity index (χ2v) is 4.53. The van der Waals surface area contributed by atoms with Crippen LogP contribution in [-0.4, -0.2) is 10.1 Å². The van der Waals surface area contributed by atoms with Crippen molar-refractivity contribution in [2.75, 3.05) is 0 Å². The molecule has 0 atom stereocenters. The van der Waals surface area contributed by atoms with E-state index < -0.39 is 0 Å². The first-order valence-electron chi connectivity index (χ1n) is 5.66. The molecule has 0 aliphatic rings. The highest BCUT2D eigenvalue weighted by molar-refractivity contribution is 9.10. The van der Waals surface area contributed by atoms with Gasteiger partial charge >= 0.3 is 0 Å². The van der Waals surface area contributed by atoms with Crippen molar-refractivity contribution in [2.45, 2.75) is 26.5 Å². The Kier molecular flexibility index (Phi) is 4.33. The van der Waals surface area contributed by atoms with Crippen molar-refractivity contribution in [3.8, 4) is 5.75 Å². The summed E-state index contributed by atoms with van der Waals surface area (Å²) in [5, 5.41) is 3.83. The molecule has 1 heterocycles. The number of hydrogen-bond acceptors (Lipinski definition) is 5. The van der Waals surface area contributed by atoms with Crippen LogP contribution in [0.15, 0.2) is 27.2 Å². The van der Waals surface area contributed by atoms with E-state index in [1.54, 1.807) is 0 Å². The molecule has 0 saturated carbocycles. The molecule has 0 radical (unpaired) electrons. The lowest BCUT2D eigenvalue weighted by atomic mass is 10.2. The van der Waals surface area contributed by atoms with Gasteiger partial charge < -0.3 is 15.0 Å². The average molecular weight is 312 g/mol. The zero-order valence-corrected chi connectivity index (χ0v) is 11.6. The van der Waals surface area contributed by atoms with E-state index in [2.05, 4.69) is 26.1 Å². The third-order valence-corrected chi connectivity index (χ3v) is 3.05. The Balaban J connectivity index is 2.10. The largest absolute Gasteiger partial charge is 0.484 e. The Morgan fingerprint density at radius 1 is 1.44 bits per heavy atom. The Bertz CT molecular complexity index is 528. The maximum Gasteiger partial charge on any atom is 0.226 e. The average Bonchev–Trinajstić information content (AvgIpc) is 2.85. The third-order valence-electron chi connectivity index (χ3n) is 2.43. The number of nitrogens with zero attached hydrogens (tertiary/aromatic N) is 2. The second-order valence-electron chi connectivity index (χ2n) is 3.68. The van der Waals surface area contributed by atoms with Crippen LogP contribution < -0.4 is 10.5 Å². The molecule has 5 nitrogen and oxygen atoms in total. The maximum absolute atomic E-state index is 5.69. The molecule has 0 aliphatic carbocycles. The lowest BCUT2D eigenvalue weighted by molar-refractivity contribution is 0.281. The van der Waals surface area contributed by atoms with E-state index in [0.717, 1.165) is 22.2 Å². The van der Waals surface area contributed by atoms with Gasteiger partial charge in [-0.2, -0.15) is 4.98 Å². The van der Waals surface area contributed by atoms with Crippen molar-refractivity contribution < 1.29 is 9.26 Å². The van der Waals surface area contributed by atoms with Crippen LogP contribution in [0.5, 0.6) is 5.75 Å². The molecule has 18 heavy (non-hydrogen) atoms. The summed E-state index contributed by atoms with van der Waals surface area (Å²) in [6.45, 7) is 2.64. The van der Waals surface area contributed by atoms with E-state index >= 15 is 0 Å². The van der Waals surface area contributed by atoms with Crippen LogP contribution in [-0.2, 0) is 19.6 Å². The highest BCUT2D eigenvalue weighted by Crippen LogP contribution is 2.29. The van der Waals surface area contributed by atoms with Gasteiger partial charge in [0.05, 0.1) is 4.47 Å². The standard InChI is InChI=1S/C12H14BrN3O2/c1-2-11-15-10(16-18-11)7-17-12-8(6-14)4-3-5-9(12)13/h3-5H,2,6-7,14H2,1H3. The van der Waals surface area contributed by atoms with E-state index in [1.165, 1.54) is 0 Å². The first-order valence-corrected chi connectivity index (χ1v) is 6.45. The van der Waals surface area contributed by atoms with Gasteiger partial charge in [-0.15, -0.1) is 0 Å². The van der Waals surface area contributed by atoms with Gasteiger partial charge in [-0.05, 0) is 22.0 Å². The van der Waals surface area contributed by atoms with Crippen LogP contribution in [0, 0.1) is 0 Å². The van der Waals surface area contributed by atoms with E-state index in [9.17, 15) is 0 Å². The fourth-order valence-electron chi connectivity index (χ4n) is 1.50. The van der Waals surface area contributed by atoms with E-state index in [0.29, 0.717) is 18.3 Å². The molecular weight excluding hydrogens is 298 g/mol. The molecule has 0 amide bonds. The summed E-state index contributed by atoms with van der Waals surface area (Å²) < 4.78 is 11.6. The number of ether oxygens (including phenoxy) is 1. The number of halogens is 1. The van der Waals surface area contributed by atoms with Crippen LogP contribution in [0.1, 0.15) is 24.2 Å². The van der Waals surface area contributed by atoms with Crippen LogP contribution >= 0.6 is 15.9 Å². The number of aryl methyl sites for hydroxylation is 1. The van der Waals surface area contributed by atoms with Crippen molar-refractivity contribution in [1.29, 1.82) is 0 Å². The van der Waals surface area contributed by atoms with E-state index in [4.69, 9.17) is 15.0 Å². The molecule has 2 aromatic rings. The predicted octanol–water partition coefficient (Wildman–Crippen LogP) is 2.43. The molecule has 1 aromatic heterocycles. The molecule has 96 valence electrons. The molecular formula is C12H14BrN3O2. The molecule has 0 bridgehead atoms. The molecule has 0 spiro atoms. The van der Waals surface area contributed by atoms with Crippen molar-refractivity contribution in [3.63, 3.8) is 0 Å². The molecule has 0 aliphatic heterocycles. The normalized spacial score (nSPS) is 10.6. The fourth-order valence-corrected chi connectivity index (χ4v) is 2.03. The van der Waals surface area contributed by atoms with Crippen molar-refractivity contribution in [1.82, 2.24) is 10.1 Å². The maximum atomic E-state index is 5.69. The molecule has 2 rings (SSSR count). The number of aromatic nitrogens is 2. The summed E-state index contributed by atoms with van der Waals surface area (Å²) in [5.74, 6) is 1.87. The zero-order valence-electron chi connectivity index (χ0n) is 10.0. The minimum Gasteiger partial charge on any atom is -0.484 e. The molecule has 6 heteroatoms. The number of hydrogen-bond donors (Lipinski definition) is 1. The molecule has 0 saturated heterocycles. The van der Waals surface area contributed by atoms with Gasteiger partial charge in [-0.25, -0.2) is 0 Å². The van der Waals surface area contributed by atoms with Crippen LogP contribution in [0.2, 0.25) is 0 Å². The summed E-state index contributed by atoms with van der Waals surface area (Å²) in [6, 6.07) is 5.75. The fraction of sp³-hybridized carbons (Fsp3) is 0.333. The van der Waals surface area contributed by atoms with Crippen molar-refractivity contribution >= 4 is 15.9 Å². The van der Waals surface area contributed by atoms with Gasteiger partial charge in [0.25, 0.3) is 0 Å². The Morgan fingerprint density at radius 2 is 2.28 bits per heavy atom. The van der Waals surface area contributed by atoms with E-state index in [1.807, 2.05) is 25.1 Å². The van der Waals surface area contributed by atoms with Crippen molar-refractivity contribution in [2.24, 2.45) is 5.73 Å². The summed E-state index contributed by atoms with van der Waals surface area (Å²) >= 11 is 3.44. The van der Waals surface area contributed by atoms with Crippen LogP contribution in [0.3, 0.4) is 0 Å². The molecule has 0 unspecified atom stereocenters. The van der Waals surface area contributed by atoms with Gasteiger partial charge in [0.15, 0.2) is 6.61 Å². The highest BCUT2D eigenvalue weighted by Gasteiger charge is 2.10. The monoisotopic (exact) mass is 311 g/mol. The number of benzene rings is 1. The first-order chi connectivity index (χ1) is 8.74. The minimum atomic E-state index is 0.263. The highest BCUT2D eigenvalue weighted by atomic mass is 79.9. The summed E-state index contributed by atoms with van der Waals surface area (Å²) in [5.41, 5.74) is 6.60. The Morgan fingerprint density at radius 3 is 2.94 bits per heavy atom. The third kappa shape index (κ3) is 2.88. The van der Waals surface area contributed by atoms with Gasteiger partial charge in [-0.1, -0.05) is 24.2 Å². The van der Waals surface area contributed by atoms with Gasteiger partial charge in [-0.3, -0.25) is 0 Å².